The minimum absolute atomic E-state index is 0.112. The van der Waals surface area contributed by atoms with E-state index < -0.39 is 0 Å². The second-order valence-corrected chi connectivity index (χ2v) is 9.93. The Morgan fingerprint density at radius 1 is 0.886 bits per heavy atom. The number of hydrogen-bond donors (Lipinski definition) is 1. The lowest BCUT2D eigenvalue weighted by Crippen LogP contribution is -2.47. The maximum Gasteiger partial charge on any atom is 0.0994 e. The molecule has 4 nitrogen and oxygen atoms in total. The summed E-state index contributed by atoms with van der Waals surface area (Å²) in [5, 5.41) is 4.65. The van der Waals surface area contributed by atoms with Gasteiger partial charge in [0.15, 0.2) is 0 Å². The average molecular weight is 484 g/mol. The fraction of sp³-hybridized carbons (Fsp3) is 0.267. The van der Waals surface area contributed by atoms with Gasteiger partial charge in [0.2, 0.25) is 0 Å². The van der Waals surface area contributed by atoms with Crippen molar-refractivity contribution in [1.82, 2.24) is 15.1 Å². The summed E-state index contributed by atoms with van der Waals surface area (Å²) in [7, 11) is 0. The number of rotatable bonds is 5. The van der Waals surface area contributed by atoms with E-state index in [-0.39, 0.29) is 24.4 Å². The van der Waals surface area contributed by atoms with Gasteiger partial charge in [0.05, 0.1) is 31.0 Å². The Bertz CT molecular complexity index is 1200. The van der Waals surface area contributed by atoms with E-state index in [0.717, 1.165) is 31.3 Å². The van der Waals surface area contributed by atoms with Crippen LogP contribution in [0, 0.1) is 0 Å². The van der Waals surface area contributed by atoms with Crippen LogP contribution in [-0.4, -0.2) is 48.2 Å². The normalized spacial score (nSPS) is 26.4. The molecule has 0 aromatic heterocycles. The van der Waals surface area contributed by atoms with Gasteiger partial charge in [-0.1, -0.05) is 90.5 Å². The molecule has 0 aliphatic carbocycles. The van der Waals surface area contributed by atoms with E-state index in [4.69, 9.17) is 16.3 Å². The van der Waals surface area contributed by atoms with Crippen molar-refractivity contribution in [2.75, 3.05) is 26.2 Å². The summed E-state index contributed by atoms with van der Waals surface area (Å²) < 4.78 is 6.16. The Balaban J connectivity index is 1.29. The predicted octanol–water partition coefficient (Wildman–Crippen LogP) is 5.67. The Morgan fingerprint density at radius 2 is 1.63 bits per heavy atom. The van der Waals surface area contributed by atoms with Crippen LogP contribution in [0.3, 0.4) is 0 Å². The van der Waals surface area contributed by atoms with Crippen molar-refractivity contribution in [3.8, 4) is 0 Å². The van der Waals surface area contributed by atoms with Crippen LogP contribution < -0.4 is 5.32 Å². The molecule has 178 valence electrons. The molecule has 35 heavy (non-hydrogen) atoms. The lowest BCUT2D eigenvalue weighted by atomic mass is 9.98. The quantitative estimate of drug-likeness (QED) is 0.506. The highest BCUT2D eigenvalue weighted by Crippen LogP contribution is 2.36. The van der Waals surface area contributed by atoms with Crippen molar-refractivity contribution in [3.05, 3.63) is 125 Å². The van der Waals surface area contributed by atoms with Crippen molar-refractivity contribution in [1.29, 1.82) is 0 Å². The van der Waals surface area contributed by atoms with E-state index in [1.165, 1.54) is 22.3 Å². The second-order valence-electron chi connectivity index (χ2n) is 9.49. The Morgan fingerprint density at radius 3 is 2.40 bits per heavy atom. The third-order valence-corrected chi connectivity index (χ3v) is 7.54. The molecule has 1 N–H and O–H groups in total. The van der Waals surface area contributed by atoms with Crippen LogP contribution in [0.2, 0.25) is 5.02 Å². The van der Waals surface area contributed by atoms with Crippen molar-refractivity contribution in [2.24, 2.45) is 0 Å². The summed E-state index contributed by atoms with van der Waals surface area (Å²) in [4.78, 5) is 5.07. The largest absolute Gasteiger partial charge is 0.371 e. The molecule has 4 atom stereocenters. The number of nitrogens with zero attached hydrogens (tertiary/aromatic N) is 2. The van der Waals surface area contributed by atoms with E-state index in [2.05, 4.69) is 106 Å². The molecule has 6 rings (SSSR count). The van der Waals surface area contributed by atoms with Gasteiger partial charge in [-0.15, -0.1) is 0 Å². The lowest BCUT2D eigenvalue weighted by Gasteiger charge is -2.38. The molecule has 4 unspecified atom stereocenters. The number of morpholine rings is 1. The standard InChI is InChI=1S/C30H30ClN3O/c31-26-14-11-24(12-15-26)30-27(20-33-17-18-35-28(21-33)23-9-5-2-6-10-23)34-19-25(13-16-29(34)32-30)22-7-3-1-4-8-22/h1-16,19,27-30,32H,17-18,20-21H2. The first-order chi connectivity index (χ1) is 17.2. The molecule has 3 aromatic rings. The molecule has 0 amide bonds. The zero-order valence-corrected chi connectivity index (χ0v) is 20.4. The fourth-order valence-electron chi connectivity index (χ4n) is 5.48. The highest BCUT2D eigenvalue weighted by Gasteiger charge is 2.41. The first kappa shape index (κ1) is 22.6. The van der Waals surface area contributed by atoms with Gasteiger partial charge in [0, 0.05) is 30.9 Å². The summed E-state index contributed by atoms with van der Waals surface area (Å²) in [5.41, 5.74) is 5.01. The minimum atomic E-state index is 0.112. The van der Waals surface area contributed by atoms with Crippen LogP contribution in [-0.2, 0) is 4.74 Å². The number of benzene rings is 3. The maximum atomic E-state index is 6.22. The van der Waals surface area contributed by atoms with Gasteiger partial charge in [0.1, 0.15) is 0 Å². The molecule has 3 heterocycles. The van der Waals surface area contributed by atoms with Crippen molar-refractivity contribution in [2.45, 2.75) is 24.4 Å². The Hall–Kier alpha value is -2.89. The van der Waals surface area contributed by atoms with Gasteiger partial charge in [0.25, 0.3) is 0 Å². The molecule has 2 fully saturated rings. The maximum absolute atomic E-state index is 6.22. The summed E-state index contributed by atoms with van der Waals surface area (Å²) >= 11 is 6.22. The fourth-order valence-corrected chi connectivity index (χ4v) is 5.61. The Labute approximate surface area is 212 Å². The third-order valence-electron chi connectivity index (χ3n) is 7.29. The molecule has 0 spiro atoms. The van der Waals surface area contributed by atoms with Crippen LogP contribution >= 0.6 is 11.6 Å². The number of hydrogen-bond acceptors (Lipinski definition) is 4. The van der Waals surface area contributed by atoms with E-state index >= 15 is 0 Å². The van der Waals surface area contributed by atoms with Crippen LogP contribution in [0.1, 0.15) is 28.8 Å². The van der Waals surface area contributed by atoms with Crippen LogP contribution in [0.25, 0.3) is 5.57 Å². The van der Waals surface area contributed by atoms with E-state index in [9.17, 15) is 0 Å². The summed E-state index contributed by atoms with van der Waals surface area (Å²) in [6, 6.07) is 30.0. The second kappa shape index (κ2) is 10.00. The SMILES string of the molecule is Clc1ccc(C2NC3C=CC(c4ccccc4)=CN3C2CN2CCOC(c3ccccc3)C2)cc1. The molecule has 3 aliphatic rings. The highest BCUT2D eigenvalue weighted by atomic mass is 35.5. The number of halogens is 1. The Kier molecular flexibility index (Phi) is 6.45. The third kappa shape index (κ3) is 4.80. The van der Waals surface area contributed by atoms with Gasteiger partial charge in [-0.05, 0) is 40.5 Å². The molecular weight excluding hydrogens is 454 g/mol. The molecule has 5 heteroatoms. The van der Waals surface area contributed by atoms with E-state index in [0.29, 0.717) is 0 Å². The van der Waals surface area contributed by atoms with E-state index in [1.54, 1.807) is 0 Å². The predicted molar refractivity (Wildman–Crippen MR) is 142 cm³/mol. The van der Waals surface area contributed by atoms with Gasteiger partial charge in [-0.2, -0.15) is 0 Å². The smallest absolute Gasteiger partial charge is 0.0994 e. The zero-order chi connectivity index (χ0) is 23.6. The molecule has 3 aromatic carbocycles. The number of ether oxygens (including phenoxy) is 1. The first-order valence-corrected chi connectivity index (χ1v) is 12.8. The van der Waals surface area contributed by atoms with Gasteiger partial charge in [-0.25, -0.2) is 0 Å². The number of nitrogens with one attached hydrogen (secondary N) is 1. The molecule has 3 aliphatic heterocycles. The zero-order valence-electron chi connectivity index (χ0n) is 19.6. The minimum Gasteiger partial charge on any atom is -0.371 e. The summed E-state index contributed by atoms with van der Waals surface area (Å²) in [5.74, 6) is 0. The molecule has 2 saturated heterocycles. The number of allylic oxidation sites excluding steroid dienone is 2. The summed E-state index contributed by atoms with van der Waals surface area (Å²) in [6.45, 7) is 3.55. The van der Waals surface area contributed by atoms with Gasteiger partial charge >= 0.3 is 0 Å². The van der Waals surface area contributed by atoms with Gasteiger partial charge in [-0.3, -0.25) is 10.2 Å². The van der Waals surface area contributed by atoms with Gasteiger partial charge < -0.3 is 9.64 Å². The molecule has 0 saturated carbocycles. The monoisotopic (exact) mass is 483 g/mol. The highest BCUT2D eigenvalue weighted by molar-refractivity contribution is 6.30. The van der Waals surface area contributed by atoms with Crippen LogP contribution in [0.4, 0.5) is 0 Å². The van der Waals surface area contributed by atoms with E-state index in [1.807, 2.05) is 12.1 Å². The average Bonchev–Trinajstić information content (AvgIpc) is 3.27. The van der Waals surface area contributed by atoms with Crippen LogP contribution in [0.5, 0.6) is 0 Å². The van der Waals surface area contributed by atoms with Crippen LogP contribution in [0.15, 0.2) is 103 Å². The van der Waals surface area contributed by atoms with Crippen molar-refractivity contribution >= 4 is 17.2 Å². The molecular formula is C30H30ClN3O. The lowest BCUT2D eigenvalue weighted by molar-refractivity contribution is -0.0356. The summed E-state index contributed by atoms with van der Waals surface area (Å²) in [6.07, 6.45) is 7.14. The molecule has 0 bridgehead atoms. The topological polar surface area (TPSA) is 27.7 Å². The van der Waals surface area contributed by atoms with Crippen molar-refractivity contribution < 1.29 is 4.74 Å². The number of fused-ring (bicyclic) bond motifs is 1. The molecule has 0 radical (unpaired) electrons. The van der Waals surface area contributed by atoms with Crippen molar-refractivity contribution in [3.63, 3.8) is 0 Å². The first-order valence-electron chi connectivity index (χ1n) is 12.4.